The van der Waals surface area contributed by atoms with Crippen molar-refractivity contribution < 1.29 is 13.2 Å². The zero-order chi connectivity index (χ0) is 9.28. The summed E-state index contributed by atoms with van der Waals surface area (Å²) in [6.07, 6.45) is -4.56. The topological polar surface area (TPSA) is 0 Å². The second kappa shape index (κ2) is 3.73. The maximum Gasteiger partial charge on any atom is 0.392 e. The molecule has 0 aliphatic rings. The van der Waals surface area contributed by atoms with Crippen LogP contribution in [0.25, 0.3) is 0 Å². The zero-order valence-electron chi connectivity index (χ0n) is 5.55. The van der Waals surface area contributed by atoms with E-state index in [9.17, 15) is 13.2 Å². The predicted molar refractivity (Wildman–Crippen MR) is 43.4 cm³/mol. The molecule has 7 heteroatoms. The molecule has 0 aromatic rings. The molecule has 1 unspecified atom stereocenters. The summed E-state index contributed by atoms with van der Waals surface area (Å²) in [5.41, 5.74) is -1.75. The minimum absolute atomic E-state index is 0.174. The van der Waals surface area contributed by atoms with Crippen LogP contribution >= 0.6 is 33.2 Å². The van der Waals surface area contributed by atoms with Gasteiger partial charge in [-0.05, 0) is 6.42 Å². The van der Waals surface area contributed by atoms with E-state index in [4.69, 9.17) is 33.2 Å². The highest BCUT2D eigenvalue weighted by atomic mass is 35.8. The number of alkyl halides is 3. The Bertz CT molecular complexity index is 116. The van der Waals surface area contributed by atoms with Crippen LogP contribution in [0.2, 0.25) is 5.54 Å². The van der Waals surface area contributed by atoms with Crippen LogP contribution in [-0.4, -0.2) is 12.2 Å². The van der Waals surface area contributed by atoms with Crippen molar-refractivity contribution in [3.05, 3.63) is 0 Å². The monoisotopic (exact) mass is 244 g/mol. The first-order valence-corrected chi connectivity index (χ1v) is 7.94. The fourth-order valence-electron chi connectivity index (χ4n) is 0.648. The lowest BCUT2D eigenvalue weighted by atomic mass is 10.3. The second-order valence-corrected chi connectivity index (χ2v) is 10.9. The van der Waals surface area contributed by atoms with Gasteiger partial charge in [-0.15, -0.1) is 33.2 Å². The number of hydrogen-bond acceptors (Lipinski definition) is 0. The summed E-state index contributed by atoms with van der Waals surface area (Å²) < 4.78 is 36.0. The van der Waals surface area contributed by atoms with Gasteiger partial charge in [-0.2, -0.15) is 13.2 Å². The van der Waals surface area contributed by atoms with Crippen molar-refractivity contribution >= 4 is 39.2 Å². The quantitative estimate of drug-likeness (QED) is 0.510. The molecule has 1 atom stereocenters. The van der Waals surface area contributed by atoms with Crippen LogP contribution in [0.5, 0.6) is 0 Å². The third-order valence-corrected chi connectivity index (χ3v) is 5.10. The molecule has 0 heterocycles. The predicted octanol–water partition coefficient (Wildman–Crippen LogP) is 3.98. The van der Waals surface area contributed by atoms with Crippen LogP contribution in [-0.2, 0) is 0 Å². The van der Waals surface area contributed by atoms with Crippen LogP contribution in [0, 0.1) is 0 Å². The lowest BCUT2D eigenvalue weighted by Gasteiger charge is -2.22. The Hall–Kier alpha value is 0.877. The third-order valence-electron chi connectivity index (χ3n) is 1.20. The molecule has 0 nitrogen and oxygen atoms in total. The van der Waals surface area contributed by atoms with E-state index in [-0.39, 0.29) is 6.42 Å². The molecule has 11 heavy (non-hydrogen) atoms. The van der Waals surface area contributed by atoms with Gasteiger partial charge in [0.15, 0.2) is 0 Å². The van der Waals surface area contributed by atoms with Gasteiger partial charge in [0.25, 0.3) is 0 Å². The molecule has 0 aromatic heterocycles. The van der Waals surface area contributed by atoms with Crippen molar-refractivity contribution in [2.24, 2.45) is 0 Å². The molecule has 0 aliphatic carbocycles. The molecule has 0 fully saturated rings. The van der Waals surface area contributed by atoms with E-state index in [1.54, 1.807) is 0 Å². The van der Waals surface area contributed by atoms with Gasteiger partial charge in [0.2, 0.25) is 0 Å². The summed E-state index contributed by atoms with van der Waals surface area (Å²) >= 11 is 15.7. The van der Waals surface area contributed by atoms with Crippen molar-refractivity contribution in [2.45, 2.75) is 25.1 Å². The Morgan fingerprint density at radius 2 is 1.64 bits per heavy atom. The molecular weight excluding hydrogens is 239 g/mol. The molecule has 0 aliphatic heterocycles. The van der Waals surface area contributed by atoms with Gasteiger partial charge in [0.1, 0.15) is 0 Å². The van der Waals surface area contributed by atoms with Crippen molar-refractivity contribution in [2.75, 3.05) is 0 Å². The Kier molecular flexibility index (Phi) is 4.02. The van der Waals surface area contributed by atoms with E-state index in [0.29, 0.717) is 0 Å². The minimum atomic E-state index is -4.38. The molecule has 0 rings (SSSR count). The number of rotatable bonds is 2. The van der Waals surface area contributed by atoms with Gasteiger partial charge in [-0.25, -0.2) is 0 Å². The molecule has 0 aromatic carbocycles. The van der Waals surface area contributed by atoms with Gasteiger partial charge < -0.3 is 0 Å². The van der Waals surface area contributed by atoms with Gasteiger partial charge in [0, 0.05) is 0 Å². The zero-order valence-corrected chi connectivity index (χ0v) is 8.82. The Labute approximate surface area is 77.7 Å². The second-order valence-electron chi connectivity index (χ2n) is 2.04. The average Bonchev–Trinajstić information content (AvgIpc) is 1.56. The summed E-state index contributed by atoms with van der Waals surface area (Å²) in [4.78, 5) is 0. The maximum absolute atomic E-state index is 12.0. The van der Waals surface area contributed by atoms with Crippen molar-refractivity contribution in [3.63, 3.8) is 0 Å². The minimum Gasteiger partial charge on any atom is -0.171 e. The highest BCUT2D eigenvalue weighted by molar-refractivity contribution is 7.65. The standard InChI is InChI=1S/C4H6Cl3F3Si/c1-2-3(4(8,9)10)11(5,6)7/h3H,2H2,1H3. The van der Waals surface area contributed by atoms with E-state index in [0.717, 1.165) is 0 Å². The Morgan fingerprint density at radius 1 is 1.27 bits per heavy atom. The molecule has 0 saturated carbocycles. The SMILES string of the molecule is CCC(C(F)(F)F)[Si](Cl)(Cl)Cl. The van der Waals surface area contributed by atoms with E-state index in [1.807, 2.05) is 0 Å². The summed E-state index contributed by atoms with van der Waals surface area (Å²) in [7, 11) is 0. The fourth-order valence-corrected chi connectivity index (χ4v) is 3.98. The van der Waals surface area contributed by atoms with Crippen molar-refractivity contribution in [3.8, 4) is 0 Å². The van der Waals surface area contributed by atoms with Crippen LogP contribution in [0.15, 0.2) is 0 Å². The van der Waals surface area contributed by atoms with Crippen LogP contribution < -0.4 is 0 Å². The molecule has 0 spiro atoms. The van der Waals surface area contributed by atoms with Gasteiger partial charge in [-0.3, -0.25) is 0 Å². The van der Waals surface area contributed by atoms with Crippen LogP contribution in [0.1, 0.15) is 13.3 Å². The van der Waals surface area contributed by atoms with Gasteiger partial charge in [0.05, 0.1) is 5.54 Å². The smallest absolute Gasteiger partial charge is 0.171 e. The highest BCUT2D eigenvalue weighted by Crippen LogP contribution is 2.46. The lowest BCUT2D eigenvalue weighted by molar-refractivity contribution is -0.134. The normalized spacial score (nSPS) is 16.6. The van der Waals surface area contributed by atoms with E-state index < -0.39 is 17.7 Å². The van der Waals surface area contributed by atoms with Crippen LogP contribution in [0.4, 0.5) is 13.2 Å². The fraction of sp³-hybridized carbons (Fsp3) is 1.00. The number of halogens is 6. The van der Waals surface area contributed by atoms with Crippen molar-refractivity contribution in [1.82, 2.24) is 0 Å². The summed E-state index contributed by atoms with van der Waals surface area (Å²) in [6.45, 7) is 1.35. The first-order chi connectivity index (χ1) is 4.69. The van der Waals surface area contributed by atoms with Crippen molar-refractivity contribution in [1.29, 1.82) is 0 Å². The molecule has 68 valence electrons. The molecular formula is C4H6Cl3F3Si. The van der Waals surface area contributed by atoms with E-state index >= 15 is 0 Å². The largest absolute Gasteiger partial charge is 0.392 e. The molecule has 0 amide bonds. The van der Waals surface area contributed by atoms with Crippen LogP contribution in [0.3, 0.4) is 0 Å². The molecule has 0 N–H and O–H groups in total. The highest BCUT2D eigenvalue weighted by Gasteiger charge is 2.52. The number of hydrogen-bond donors (Lipinski definition) is 0. The maximum atomic E-state index is 12.0. The first-order valence-electron chi connectivity index (χ1n) is 2.83. The molecule has 0 radical (unpaired) electrons. The Morgan fingerprint density at radius 3 is 1.64 bits per heavy atom. The van der Waals surface area contributed by atoms with E-state index in [2.05, 4.69) is 0 Å². The molecule has 0 saturated heterocycles. The summed E-state index contributed by atoms with van der Waals surface area (Å²) in [5, 5.41) is 0. The van der Waals surface area contributed by atoms with Gasteiger partial charge in [-0.1, -0.05) is 6.92 Å². The summed E-state index contributed by atoms with van der Waals surface area (Å²) in [5.74, 6) is 0. The van der Waals surface area contributed by atoms with Gasteiger partial charge >= 0.3 is 12.2 Å². The summed E-state index contributed by atoms with van der Waals surface area (Å²) in [6, 6.07) is -3.63. The lowest BCUT2D eigenvalue weighted by Crippen LogP contribution is -2.32. The Balaban J connectivity index is 4.43. The molecule has 0 bridgehead atoms. The van der Waals surface area contributed by atoms with E-state index in [1.165, 1.54) is 6.92 Å². The third kappa shape index (κ3) is 3.87. The first kappa shape index (κ1) is 11.9. The average molecular weight is 246 g/mol.